The van der Waals surface area contributed by atoms with Gasteiger partial charge in [-0.05, 0) is 118 Å². The second kappa shape index (κ2) is 15.4. The van der Waals surface area contributed by atoms with Crippen LogP contribution in [0.15, 0.2) is 188 Å². The lowest BCUT2D eigenvalue weighted by Crippen LogP contribution is -2.57. The van der Waals surface area contributed by atoms with E-state index in [0.717, 1.165) is 39.6 Å². The quantitative estimate of drug-likeness (QED) is 0.146. The number of nitrogens with zero attached hydrogens (tertiary/aromatic N) is 3. The maximum absolute atomic E-state index is 7.03. The fourth-order valence-corrected chi connectivity index (χ4v) is 11.7. The van der Waals surface area contributed by atoms with Crippen LogP contribution in [0.3, 0.4) is 0 Å². The van der Waals surface area contributed by atoms with Crippen LogP contribution < -0.4 is 21.1 Å². The van der Waals surface area contributed by atoms with Gasteiger partial charge in [-0.25, -0.2) is 0 Å². The zero-order valence-corrected chi connectivity index (χ0v) is 39.5. The lowest BCUT2D eigenvalue weighted by molar-refractivity contribution is 0.487. The Morgan fingerprint density at radius 2 is 0.721 bits per heavy atom. The minimum absolute atomic E-state index is 0.0284. The average molecular weight is 878 g/mol. The summed E-state index contributed by atoms with van der Waals surface area (Å²) in [7, 11) is 0. The number of rotatable bonds is 7. The minimum atomic E-state index is 0.0284. The van der Waals surface area contributed by atoms with E-state index in [4.69, 9.17) is 4.74 Å². The molecule has 0 saturated carbocycles. The van der Waals surface area contributed by atoms with Gasteiger partial charge in [-0.1, -0.05) is 156 Å². The molecule has 0 saturated heterocycles. The molecule has 1 aliphatic heterocycles. The first-order valence-corrected chi connectivity index (χ1v) is 24.4. The molecular weight excluding hydrogens is 826 g/mol. The fraction of sp³-hybridized carbons (Fsp3) is 0.143. The molecule has 328 valence electrons. The maximum Gasteiger partial charge on any atom is 0.251 e. The molecule has 0 aliphatic carbocycles. The Hall–Kier alpha value is -7.76. The van der Waals surface area contributed by atoms with E-state index in [1.807, 2.05) is 0 Å². The average Bonchev–Trinajstić information content (AvgIpc) is 4.00. The highest BCUT2D eigenvalue weighted by atomic mass is 16.5. The van der Waals surface area contributed by atoms with Crippen molar-refractivity contribution < 1.29 is 4.74 Å². The van der Waals surface area contributed by atoms with E-state index in [9.17, 15) is 0 Å². The van der Waals surface area contributed by atoms with Crippen LogP contribution in [-0.4, -0.2) is 20.4 Å². The van der Waals surface area contributed by atoms with Crippen molar-refractivity contribution in [1.82, 2.24) is 13.7 Å². The zero-order chi connectivity index (χ0) is 45.9. The van der Waals surface area contributed by atoms with Crippen LogP contribution >= 0.6 is 0 Å². The Kier molecular flexibility index (Phi) is 9.17. The van der Waals surface area contributed by atoms with Gasteiger partial charge in [0, 0.05) is 55.4 Å². The van der Waals surface area contributed by atoms with Crippen LogP contribution in [-0.2, 0) is 0 Å². The summed E-state index contributed by atoms with van der Waals surface area (Å²) in [4.78, 5) is 0. The van der Waals surface area contributed by atoms with Gasteiger partial charge >= 0.3 is 0 Å². The van der Waals surface area contributed by atoms with Gasteiger partial charge in [0.1, 0.15) is 11.5 Å². The van der Waals surface area contributed by atoms with E-state index in [2.05, 4.69) is 243 Å². The minimum Gasteiger partial charge on any atom is -0.458 e. The highest BCUT2D eigenvalue weighted by molar-refractivity contribution is 6.97. The number of hydrogen-bond acceptors (Lipinski definition) is 1. The maximum atomic E-state index is 7.03. The van der Waals surface area contributed by atoms with Gasteiger partial charge < -0.3 is 18.4 Å². The van der Waals surface area contributed by atoms with Crippen molar-refractivity contribution in [3.8, 4) is 28.6 Å². The number of fused-ring (bicyclic) bond motifs is 11. The predicted molar refractivity (Wildman–Crippen MR) is 289 cm³/mol. The lowest BCUT2D eigenvalue weighted by Gasteiger charge is -2.32. The molecule has 9 aromatic carbocycles. The molecular formula is C63H52BN3O. The smallest absolute Gasteiger partial charge is 0.251 e. The first kappa shape index (κ1) is 40.5. The summed E-state index contributed by atoms with van der Waals surface area (Å²) in [5.41, 5.74) is 18.5. The second-order valence-electron chi connectivity index (χ2n) is 19.8. The van der Waals surface area contributed by atoms with Gasteiger partial charge in [-0.2, -0.15) is 0 Å². The Morgan fingerprint density at radius 3 is 1.18 bits per heavy atom. The third-order valence-electron chi connectivity index (χ3n) is 14.9. The predicted octanol–water partition coefficient (Wildman–Crippen LogP) is 15.0. The summed E-state index contributed by atoms with van der Waals surface area (Å²) in [5.74, 6) is 2.99. The first-order chi connectivity index (χ1) is 33.2. The van der Waals surface area contributed by atoms with Crippen molar-refractivity contribution in [3.63, 3.8) is 0 Å². The molecule has 4 heterocycles. The van der Waals surface area contributed by atoms with Crippen molar-refractivity contribution in [2.45, 2.75) is 59.3 Å². The Bertz CT molecular complexity index is 3700. The van der Waals surface area contributed by atoms with Crippen molar-refractivity contribution in [2.75, 3.05) is 0 Å². The van der Waals surface area contributed by atoms with Gasteiger partial charge in [0.15, 0.2) is 0 Å². The van der Waals surface area contributed by atoms with Crippen LogP contribution in [0.4, 0.5) is 0 Å². The molecule has 0 radical (unpaired) electrons. The van der Waals surface area contributed by atoms with E-state index >= 15 is 0 Å². The summed E-state index contributed by atoms with van der Waals surface area (Å²) in [6.45, 7) is 14.1. The first-order valence-electron chi connectivity index (χ1n) is 24.4. The SMILES string of the molecule is CC(C)c1cc(C(C)C)c(B2c3ccccc3Oc3cc(-n4c5ccc(-n6c7ccccc7c7ccccc76)cc5c5cc(-n6c7ccccc7c7ccccc76)ccc54)ccc32)c(C(C)C)c1. The number of ether oxygens (including phenoxy) is 1. The summed E-state index contributed by atoms with van der Waals surface area (Å²) >= 11 is 0. The van der Waals surface area contributed by atoms with Gasteiger partial charge in [0.05, 0.1) is 33.1 Å². The van der Waals surface area contributed by atoms with Gasteiger partial charge in [0.25, 0.3) is 6.71 Å². The molecule has 5 heteroatoms. The molecule has 3 aromatic heterocycles. The normalized spacial score (nSPS) is 12.8. The van der Waals surface area contributed by atoms with E-state index in [-0.39, 0.29) is 6.71 Å². The van der Waals surface area contributed by atoms with Crippen LogP contribution in [0.25, 0.3) is 82.5 Å². The molecule has 0 fully saturated rings. The zero-order valence-electron chi connectivity index (χ0n) is 39.5. The van der Waals surface area contributed by atoms with Crippen LogP contribution in [0.2, 0.25) is 0 Å². The summed E-state index contributed by atoms with van der Waals surface area (Å²) in [6, 6.07) is 69.8. The van der Waals surface area contributed by atoms with Crippen molar-refractivity contribution in [1.29, 1.82) is 0 Å². The molecule has 0 amide bonds. The summed E-state index contributed by atoms with van der Waals surface area (Å²) in [5, 5.41) is 7.40. The monoisotopic (exact) mass is 877 g/mol. The molecule has 0 bridgehead atoms. The van der Waals surface area contributed by atoms with E-state index in [1.165, 1.54) is 87.5 Å². The topological polar surface area (TPSA) is 24.0 Å². The third-order valence-corrected chi connectivity index (χ3v) is 14.9. The Balaban J connectivity index is 1.06. The van der Waals surface area contributed by atoms with E-state index < -0.39 is 0 Å². The summed E-state index contributed by atoms with van der Waals surface area (Å²) < 4.78 is 14.3. The molecule has 68 heavy (non-hydrogen) atoms. The van der Waals surface area contributed by atoms with Crippen molar-refractivity contribution in [2.24, 2.45) is 0 Å². The highest BCUT2D eigenvalue weighted by Crippen LogP contribution is 2.41. The largest absolute Gasteiger partial charge is 0.458 e. The number of para-hydroxylation sites is 5. The number of hydrogen-bond donors (Lipinski definition) is 0. The van der Waals surface area contributed by atoms with E-state index in [1.54, 1.807) is 0 Å². The van der Waals surface area contributed by atoms with Crippen LogP contribution in [0.1, 0.15) is 76.0 Å². The molecule has 13 rings (SSSR count). The van der Waals surface area contributed by atoms with Gasteiger partial charge in [-0.3, -0.25) is 0 Å². The molecule has 4 nitrogen and oxygen atoms in total. The molecule has 0 spiro atoms. The van der Waals surface area contributed by atoms with Crippen LogP contribution in [0.5, 0.6) is 11.5 Å². The Morgan fingerprint density at radius 1 is 0.338 bits per heavy atom. The fourth-order valence-electron chi connectivity index (χ4n) is 11.7. The van der Waals surface area contributed by atoms with Crippen molar-refractivity contribution >= 4 is 88.5 Å². The van der Waals surface area contributed by atoms with Gasteiger partial charge in [0.2, 0.25) is 0 Å². The standard InChI is InChI=1S/C63H52BN3O/c1-38(2)41-33-49(39(3)4)63(50(34-41)40(5)6)64-53-21-11-16-26-61(53)68-62-37-44(27-30-54(62)64)67-59-31-28-42(65-55-22-12-7-17-45(55)46-18-8-13-23-56(46)65)35-51(59)52-36-43(29-32-60(52)67)66-57-24-14-9-19-47(57)48-20-10-15-25-58(48)66/h7-40H,1-6H3. The van der Waals surface area contributed by atoms with Crippen molar-refractivity contribution in [3.05, 3.63) is 205 Å². The number of aromatic nitrogens is 3. The molecule has 12 aromatic rings. The molecule has 0 atom stereocenters. The Labute approximate surface area is 397 Å². The highest BCUT2D eigenvalue weighted by Gasteiger charge is 2.37. The van der Waals surface area contributed by atoms with Gasteiger partial charge in [-0.15, -0.1) is 0 Å². The second-order valence-corrected chi connectivity index (χ2v) is 19.8. The summed E-state index contributed by atoms with van der Waals surface area (Å²) in [6.07, 6.45) is 0. The lowest BCUT2D eigenvalue weighted by atomic mass is 9.34. The molecule has 0 N–H and O–H groups in total. The number of benzene rings is 9. The molecule has 1 aliphatic rings. The van der Waals surface area contributed by atoms with E-state index in [0.29, 0.717) is 17.8 Å². The molecule has 0 unspecified atom stereocenters. The third kappa shape index (κ3) is 6.01. The van der Waals surface area contributed by atoms with Crippen LogP contribution in [0, 0.1) is 0 Å².